The molecule has 2 aromatic rings. The summed E-state index contributed by atoms with van der Waals surface area (Å²) in [6.45, 7) is 2.88. The van der Waals surface area contributed by atoms with Gasteiger partial charge in [-0.1, -0.05) is 29.6 Å². The Morgan fingerprint density at radius 2 is 2.00 bits per heavy atom. The van der Waals surface area contributed by atoms with Crippen molar-refractivity contribution in [3.8, 4) is 0 Å². The Kier molecular flexibility index (Phi) is 4.39. The molecule has 6 heteroatoms. The molecule has 0 saturated heterocycles. The molecule has 1 aliphatic carbocycles. The summed E-state index contributed by atoms with van der Waals surface area (Å²) < 4.78 is 2.53. The van der Waals surface area contributed by atoms with Crippen LogP contribution in [0, 0.1) is 0 Å². The number of aromatic nitrogens is 2. The molecule has 0 N–H and O–H groups in total. The number of rotatable bonds is 4. The van der Waals surface area contributed by atoms with Crippen molar-refractivity contribution in [1.29, 1.82) is 0 Å². The van der Waals surface area contributed by atoms with Gasteiger partial charge in [-0.3, -0.25) is 0 Å². The van der Waals surface area contributed by atoms with Gasteiger partial charge >= 0.3 is 0 Å². The average molecular weight is 364 g/mol. The van der Waals surface area contributed by atoms with Gasteiger partial charge in [0.15, 0.2) is 0 Å². The third-order valence-electron chi connectivity index (χ3n) is 4.32. The third kappa shape index (κ3) is 2.78. The van der Waals surface area contributed by atoms with E-state index in [1.165, 1.54) is 19.3 Å². The molecule has 2 nitrogen and oxygen atoms in total. The Morgan fingerprint density at radius 1 is 1.33 bits per heavy atom. The van der Waals surface area contributed by atoms with Crippen LogP contribution in [0.3, 0.4) is 0 Å². The number of hydrogen-bond acceptors (Lipinski definition) is 2. The van der Waals surface area contributed by atoms with E-state index in [9.17, 15) is 0 Å². The molecule has 114 valence electrons. The van der Waals surface area contributed by atoms with Gasteiger partial charge < -0.3 is 4.57 Å². The van der Waals surface area contributed by atoms with Crippen LogP contribution in [-0.4, -0.2) is 20.6 Å². The minimum atomic E-state index is -0.145. The lowest BCUT2D eigenvalue weighted by molar-refractivity contribution is 0.321. The number of halogens is 3. The van der Waals surface area contributed by atoms with Crippen LogP contribution in [0.1, 0.15) is 37.4 Å². The van der Waals surface area contributed by atoms with Crippen molar-refractivity contribution in [3.63, 3.8) is 0 Å². The third-order valence-corrected chi connectivity index (χ3v) is 6.64. The fourth-order valence-electron chi connectivity index (χ4n) is 2.89. The first kappa shape index (κ1) is 15.8. The zero-order valence-electron chi connectivity index (χ0n) is 12.0. The molecule has 1 unspecified atom stereocenters. The number of thioether (sulfide) groups is 1. The van der Waals surface area contributed by atoms with Gasteiger partial charge in [-0.25, -0.2) is 4.98 Å². The van der Waals surface area contributed by atoms with E-state index in [4.69, 9.17) is 34.8 Å². The van der Waals surface area contributed by atoms with E-state index in [1.54, 1.807) is 0 Å². The topological polar surface area (TPSA) is 17.8 Å². The highest BCUT2D eigenvalue weighted by Gasteiger charge is 2.37. The van der Waals surface area contributed by atoms with E-state index >= 15 is 0 Å². The molecule has 1 saturated carbocycles. The lowest BCUT2D eigenvalue weighted by Gasteiger charge is -2.41. The Hall–Kier alpha value is -0.0900. The summed E-state index contributed by atoms with van der Waals surface area (Å²) in [6.07, 6.45) is 5.97. The molecule has 0 amide bonds. The first-order valence-electron chi connectivity index (χ1n) is 7.00. The van der Waals surface area contributed by atoms with Gasteiger partial charge in [0.1, 0.15) is 5.82 Å². The second-order valence-corrected chi connectivity index (χ2v) is 8.41. The first-order valence-corrected chi connectivity index (χ1v) is 9.42. The van der Waals surface area contributed by atoms with Crippen molar-refractivity contribution < 1.29 is 0 Å². The average Bonchev–Trinajstić information content (AvgIpc) is 2.73. The number of nitrogens with zero attached hydrogens (tertiary/aromatic N) is 2. The second kappa shape index (κ2) is 5.84. The fourth-order valence-corrected chi connectivity index (χ4v) is 4.33. The summed E-state index contributed by atoms with van der Waals surface area (Å²) in [5.74, 6) is 0.894. The molecule has 0 spiro atoms. The number of fused-ring (bicyclic) bond motifs is 1. The molecule has 1 atom stereocenters. The fraction of sp³-hybridized carbons (Fsp3) is 0.533. The summed E-state index contributed by atoms with van der Waals surface area (Å²) in [7, 11) is 0. The highest BCUT2D eigenvalue weighted by Crippen LogP contribution is 2.45. The van der Waals surface area contributed by atoms with Crippen LogP contribution in [0.15, 0.2) is 12.1 Å². The van der Waals surface area contributed by atoms with Crippen molar-refractivity contribution in [2.24, 2.45) is 0 Å². The highest BCUT2D eigenvalue weighted by molar-refractivity contribution is 8.00. The number of hydrogen-bond donors (Lipinski definition) is 0. The zero-order valence-corrected chi connectivity index (χ0v) is 15.1. The lowest BCUT2D eigenvalue weighted by atomic mass is 9.84. The van der Waals surface area contributed by atoms with Gasteiger partial charge in [-0.05, 0) is 38.2 Å². The van der Waals surface area contributed by atoms with Gasteiger partial charge in [0.05, 0.1) is 26.5 Å². The van der Waals surface area contributed by atoms with Crippen molar-refractivity contribution in [3.05, 3.63) is 28.0 Å². The lowest BCUT2D eigenvalue weighted by Crippen LogP contribution is -2.38. The monoisotopic (exact) mass is 362 g/mol. The van der Waals surface area contributed by atoms with Gasteiger partial charge in [-0.15, -0.1) is 11.6 Å². The predicted octanol–water partition coefficient (Wildman–Crippen LogP) is 5.93. The molecule has 1 aliphatic rings. The van der Waals surface area contributed by atoms with Crippen LogP contribution < -0.4 is 0 Å². The van der Waals surface area contributed by atoms with Crippen LogP contribution >= 0.6 is 46.6 Å². The maximum absolute atomic E-state index is 6.34. The first-order chi connectivity index (χ1) is 9.96. The summed E-state index contributed by atoms with van der Waals surface area (Å²) in [5, 5.41) is 0.950. The molecule has 1 heterocycles. The Balaban J connectivity index is 2.13. The summed E-state index contributed by atoms with van der Waals surface area (Å²) >= 11 is 20.6. The quantitative estimate of drug-likeness (QED) is 0.627. The second-order valence-electron chi connectivity index (χ2n) is 5.67. The number of benzene rings is 1. The normalized spacial score (nSPS) is 18.7. The standard InChI is InChI=1S/C15H17Cl3N2S/c1-9(16)14-19-12-6-10(17)11(18)7-13(12)20(14)8-15(21-2)4-3-5-15/h6-7,9H,3-5,8H2,1-2H3. The zero-order chi connectivity index (χ0) is 15.2. The largest absolute Gasteiger partial charge is 0.325 e. The van der Waals surface area contributed by atoms with E-state index in [-0.39, 0.29) is 5.38 Å². The molecule has 0 bridgehead atoms. The van der Waals surface area contributed by atoms with Gasteiger partial charge in [-0.2, -0.15) is 11.8 Å². The molecule has 1 aromatic carbocycles. The summed E-state index contributed by atoms with van der Waals surface area (Å²) in [5.41, 5.74) is 1.88. The molecule has 21 heavy (non-hydrogen) atoms. The predicted molar refractivity (Wildman–Crippen MR) is 94.1 cm³/mol. The van der Waals surface area contributed by atoms with E-state index in [0.717, 1.165) is 23.4 Å². The molecular formula is C15H17Cl3N2S. The van der Waals surface area contributed by atoms with Gasteiger partial charge in [0, 0.05) is 11.3 Å². The van der Waals surface area contributed by atoms with E-state index in [2.05, 4.69) is 15.8 Å². The van der Waals surface area contributed by atoms with Gasteiger partial charge in [0.2, 0.25) is 0 Å². The summed E-state index contributed by atoms with van der Waals surface area (Å²) in [6, 6.07) is 3.73. The molecule has 0 aliphatic heterocycles. The van der Waals surface area contributed by atoms with E-state index in [0.29, 0.717) is 14.8 Å². The van der Waals surface area contributed by atoms with Crippen LogP contribution in [0.5, 0.6) is 0 Å². The minimum Gasteiger partial charge on any atom is -0.325 e. The van der Waals surface area contributed by atoms with E-state index < -0.39 is 0 Å². The van der Waals surface area contributed by atoms with Crippen LogP contribution in [0.4, 0.5) is 0 Å². The van der Waals surface area contributed by atoms with Crippen molar-refractivity contribution in [2.45, 2.75) is 42.9 Å². The smallest absolute Gasteiger partial charge is 0.127 e. The van der Waals surface area contributed by atoms with Crippen molar-refractivity contribution >= 4 is 57.6 Å². The van der Waals surface area contributed by atoms with Crippen molar-refractivity contribution in [1.82, 2.24) is 9.55 Å². The molecular weight excluding hydrogens is 347 g/mol. The van der Waals surface area contributed by atoms with E-state index in [1.807, 2.05) is 30.8 Å². The van der Waals surface area contributed by atoms with Crippen LogP contribution in [0.2, 0.25) is 10.0 Å². The molecule has 1 aromatic heterocycles. The molecule has 1 fully saturated rings. The Morgan fingerprint density at radius 3 is 2.52 bits per heavy atom. The number of imidazole rings is 1. The summed E-state index contributed by atoms with van der Waals surface area (Å²) in [4.78, 5) is 4.67. The maximum Gasteiger partial charge on any atom is 0.127 e. The Labute approximate surface area is 144 Å². The highest BCUT2D eigenvalue weighted by atomic mass is 35.5. The number of alkyl halides is 1. The molecule has 0 radical (unpaired) electrons. The van der Waals surface area contributed by atoms with Crippen LogP contribution in [-0.2, 0) is 6.54 Å². The SMILES string of the molecule is CSC1(Cn2c(C(C)Cl)nc3cc(Cl)c(Cl)cc32)CCC1. The maximum atomic E-state index is 6.34. The minimum absolute atomic E-state index is 0.145. The van der Waals surface area contributed by atoms with Crippen LogP contribution in [0.25, 0.3) is 11.0 Å². The Bertz CT molecular complexity index is 672. The van der Waals surface area contributed by atoms with Gasteiger partial charge in [0.25, 0.3) is 0 Å². The molecule has 3 rings (SSSR count). The van der Waals surface area contributed by atoms with Crippen molar-refractivity contribution in [2.75, 3.05) is 6.26 Å².